The van der Waals surface area contributed by atoms with Gasteiger partial charge in [0.25, 0.3) is 5.78 Å². The fraction of sp³-hybridized carbons (Fsp3) is 0.125. The third kappa shape index (κ3) is 2.21. The number of ketones is 1. The van der Waals surface area contributed by atoms with E-state index in [-0.39, 0.29) is 6.07 Å². The lowest BCUT2D eigenvalue weighted by atomic mass is 10.1. The van der Waals surface area contributed by atoms with Gasteiger partial charge < -0.3 is 0 Å². The molecule has 16 heavy (non-hydrogen) atoms. The zero-order valence-corrected chi connectivity index (χ0v) is 8.72. The Morgan fingerprint density at radius 2 is 1.56 bits per heavy atom. The average molecular weight is 307 g/mol. The first-order valence-corrected chi connectivity index (χ1v) is 4.40. The van der Waals surface area contributed by atoms with Gasteiger partial charge in [0.1, 0.15) is 0 Å². The molecule has 0 aliphatic rings. The molecule has 0 amide bonds. The van der Waals surface area contributed by atoms with Gasteiger partial charge in [-0.25, -0.2) is 13.2 Å². The monoisotopic (exact) mass is 306 g/mol. The second kappa shape index (κ2) is 4.08. The van der Waals surface area contributed by atoms with Crippen LogP contribution in [-0.2, 0) is 0 Å². The number of halogens is 7. The van der Waals surface area contributed by atoms with E-state index in [2.05, 4.69) is 15.9 Å². The van der Waals surface area contributed by atoms with Crippen molar-refractivity contribution in [3.8, 4) is 0 Å². The molecule has 1 nitrogen and oxygen atoms in total. The van der Waals surface area contributed by atoms with Crippen LogP contribution in [0.2, 0.25) is 0 Å². The molecule has 1 aromatic rings. The number of rotatable bonds is 1. The van der Waals surface area contributed by atoms with Crippen molar-refractivity contribution in [1.29, 1.82) is 0 Å². The van der Waals surface area contributed by atoms with Gasteiger partial charge in [-0.2, -0.15) is 13.2 Å². The summed E-state index contributed by atoms with van der Waals surface area (Å²) in [6, 6.07) is 0.240. The number of hydrogen-bond acceptors (Lipinski definition) is 1. The molecule has 0 saturated heterocycles. The Kier molecular flexibility index (Phi) is 3.32. The molecule has 0 unspecified atom stereocenters. The van der Waals surface area contributed by atoms with Crippen molar-refractivity contribution >= 4 is 21.7 Å². The van der Waals surface area contributed by atoms with Crippen LogP contribution in [-0.4, -0.2) is 12.0 Å². The molecule has 0 aliphatic carbocycles. The van der Waals surface area contributed by atoms with Crippen molar-refractivity contribution < 1.29 is 31.1 Å². The predicted octanol–water partition coefficient (Wildman–Crippen LogP) is 3.61. The van der Waals surface area contributed by atoms with Crippen LogP contribution >= 0.6 is 15.9 Å². The maximum atomic E-state index is 12.9. The van der Waals surface area contributed by atoms with Crippen molar-refractivity contribution in [2.75, 3.05) is 0 Å². The molecule has 0 fully saturated rings. The van der Waals surface area contributed by atoms with Gasteiger partial charge in [-0.05, 0) is 22.0 Å². The SMILES string of the molecule is O=C(c1cc(Br)c(F)c(F)c1F)C(F)(F)F. The fourth-order valence-electron chi connectivity index (χ4n) is 0.891. The molecule has 1 rings (SSSR count). The van der Waals surface area contributed by atoms with Crippen LogP contribution in [0.1, 0.15) is 10.4 Å². The van der Waals surface area contributed by atoms with E-state index in [4.69, 9.17) is 0 Å². The molecule has 0 atom stereocenters. The minimum absolute atomic E-state index is 0.240. The Morgan fingerprint density at radius 1 is 1.06 bits per heavy atom. The van der Waals surface area contributed by atoms with E-state index >= 15 is 0 Å². The van der Waals surface area contributed by atoms with Crippen LogP contribution in [0.25, 0.3) is 0 Å². The van der Waals surface area contributed by atoms with Crippen molar-refractivity contribution in [3.05, 3.63) is 33.6 Å². The number of carbonyl (C=O) groups is 1. The Hall–Kier alpha value is -1.05. The number of carbonyl (C=O) groups excluding carboxylic acids is 1. The Labute approximate surface area is 93.2 Å². The lowest BCUT2D eigenvalue weighted by Crippen LogP contribution is -2.24. The molecular formula is C8HBrF6O. The topological polar surface area (TPSA) is 17.1 Å². The van der Waals surface area contributed by atoms with Crippen LogP contribution in [0.15, 0.2) is 10.5 Å². The minimum atomic E-state index is -5.36. The Bertz CT molecular complexity index is 453. The number of Topliss-reactive ketones (excluding diaryl/α,β-unsaturated/α-hetero) is 1. The highest BCUT2D eigenvalue weighted by atomic mass is 79.9. The van der Waals surface area contributed by atoms with Gasteiger partial charge in [-0.3, -0.25) is 4.79 Å². The predicted molar refractivity (Wildman–Crippen MR) is 44.4 cm³/mol. The first kappa shape index (κ1) is 13.0. The molecule has 0 heterocycles. The zero-order chi connectivity index (χ0) is 12.7. The van der Waals surface area contributed by atoms with E-state index in [1.165, 1.54) is 0 Å². The molecule has 0 spiro atoms. The summed E-state index contributed by atoms with van der Waals surface area (Å²) in [7, 11) is 0. The third-order valence-electron chi connectivity index (χ3n) is 1.60. The van der Waals surface area contributed by atoms with Gasteiger partial charge in [0.05, 0.1) is 10.0 Å². The van der Waals surface area contributed by atoms with Crippen LogP contribution in [0.4, 0.5) is 26.3 Å². The Morgan fingerprint density at radius 3 is 2.00 bits per heavy atom. The molecule has 8 heteroatoms. The molecule has 0 N–H and O–H groups in total. The highest BCUT2D eigenvalue weighted by Crippen LogP contribution is 2.28. The zero-order valence-electron chi connectivity index (χ0n) is 7.13. The lowest BCUT2D eigenvalue weighted by molar-refractivity contribution is -0.0888. The number of benzene rings is 1. The summed E-state index contributed by atoms with van der Waals surface area (Å²) in [6.07, 6.45) is -5.36. The van der Waals surface area contributed by atoms with E-state index in [0.717, 1.165) is 0 Å². The average Bonchev–Trinajstić information content (AvgIpc) is 2.18. The Balaban J connectivity index is 3.43. The van der Waals surface area contributed by atoms with E-state index < -0.39 is 39.4 Å². The van der Waals surface area contributed by atoms with E-state index in [1.807, 2.05) is 0 Å². The second-order valence-electron chi connectivity index (χ2n) is 2.67. The van der Waals surface area contributed by atoms with Gasteiger partial charge in [0.2, 0.25) is 0 Å². The van der Waals surface area contributed by atoms with Gasteiger partial charge in [0.15, 0.2) is 17.5 Å². The van der Waals surface area contributed by atoms with E-state index in [0.29, 0.717) is 0 Å². The molecular weight excluding hydrogens is 306 g/mol. The minimum Gasteiger partial charge on any atom is -0.284 e. The largest absolute Gasteiger partial charge is 0.454 e. The van der Waals surface area contributed by atoms with Gasteiger partial charge >= 0.3 is 6.18 Å². The highest BCUT2D eigenvalue weighted by molar-refractivity contribution is 9.10. The molecule has 0 radical (unpaired) electrons. The fourth-order valence-corrected chi connectivity index (χ4v) is 1.29. The quantitative estimate of drug-likeness (QED) is 0.335. The maximum absolute atomic E-state index is 12.9. The van der Waals surface area contributed by atoms with E-state index in [9.17, 15) is 31.1 Å². The molecule has 0 aromatic heterocycles. The van der Waals surface area contributed by atoms with Crippen LogP contribution < -0.4 is 0 Å². The van der Waals surface area contributed by atoms with Crippen LogP contribution in [0, 0.1) is 17.5 Å². The summed E-state index contributed by atoms with van der Waals surface area (Å²) in [4.78, 5) is 10.6. The summed E-state index contributed by atoms with van der Waals surface area (Å²) >= 11 is 2.36. The van der Waals surface area contributed by atoms with Crippen molar-refractivity contribution in [1.82, 2.24) is 0 Å². The maximum Gasteiger partial charge on any atom is 0.454 e. The lowest BCUT2D eigenvalue weighted by Gasteiger charge is -2.08. The highest BCUT2D eigenvalue weighted by Gasteiger charge is 2.42. The summed E-state index contributed by atoms with van der Waals surface area (Å²) in [5.74, 6) is -8.58. The molecule has 0 bridgehead atoms. The summed E-state index contributed by atoms with van der Waals surface area (Å²) in [5, 5.41) is 0. The summed E-state index contributed by atoms with van der Waals surface area (Å²) < 4.78 is 73.3. The van der Waals surface area contributed by atoms with Crippen molar-refractivity contribution in [2.45, 2.75) is 6.18 Å². The molecule has 0 saturated carbocycles. The van der Waals surface area contributed by atoms with Gasteiger partial charge in [-0.15, -0.1) is 0 Å². The summed E-state index contributed by atoms with van der Waals surface area (Å²) in [5.41, 5.74) is -1.57. The first-order chi connectivity index (χ1) is 7.16. The summed E-state index contributed by atoms with van der Waals surface area (Å²) in [6.45, 7) is 0. The molecule has 1 aromatic carbocycles. The standard InChI is InChI=1S/C8HBrF6O/c9-3-1-2(7(16)8(13,14)15)4(10)6(12)5(3)11/h1H. The van der Waals surface area contributed by atoms with Crippen molar-refractivity contribution in [3.63, 3.8) is 0 Å². The van der Waals surface area contributed by atoms with Crippen LogP contribution in [0.5, 0.6) is 0 Å². The van der Waals surface area contributed by atoms with Crippen molar-refractivity contribution in [2.24, 2.45) is 0 Å². The number of alkyl halides is 3. The normalized spacial score (nSPS) is 11.7. The molecule has 0 aliphatic heterocycles. The first-order valence-electron chi connectivity index (χ1n) is 3.60. The van der Waals surface area contributed by atoms with Crippen LogP contribution in [0.3, 0.4) is 0 Å². The second-order valence-corrected chi connectivity index (χ2v) is 3.53. The third-order valence-corrected chi connectivity index (χ3v) is 2.18. The molecule has 88 valence electrons. The van der Waals surface area contributed by atoms with Gasteiger partial charge in [0, 0.05) is 0 Å². The smallest absolute Gasteiger partial charge is 0.284 e. The van der Waals surface area contributed by atoms with Gasteiger partial charge in [-0.1, -0.05) is 0 Å². The number of hydrogen-bond donors (Lipinski definition) is 0. The van der Waals surface area contributed by atoms with E-state index in [1.54, 1.807) is 0 Å².